The number of amides is 1. The molecule has 0 rings (SSSR count). The van der Waals surface area contributed by atoms with Crippen molar-refractivity contribution >= 4 is 11.9 Å². The molecule has 0 aliphatic carbocycles. The quantitative estimate of drug-likeness (QED) is 0.614. The topological polar surface area (TPSA) is 75.6 Å². The predicted octanol–water partition coefficient (Wildman–Crippen LogP) is 0.640. The van der Waals surface area contributed by atoms with Crippen LogP contribution in [-0.2, 0) is 14.3 Å². The average molecular weight is 217 g/mol. The smallest absolute Gasteiger partial charge is 0.309 e. The molecule has 0 aromatic rings. The van der Waals surface area contributed by atoms with Crippen LogP contribution in [0.15, 0.2) is 0 Å². The molecule has 0 fully saturated rings. The van der Waals surface area contributed by atoms with Crippen molar-refractivity contribution in [2.75, 3.05) is 20.3 Å². The Morgan fingerprint density at radius 2 is 2.00 bits per heavy atom. The van der Waals surface area contributed by atoms with Crippen molar-refractivity contribution in [1.29, 1.82) is 0 Å². The molecule has 0 radical (unpaired) electrons. The Morgan fingerprint density at radius 1 is 1.40 bits per heavy atom. The number of hydrogen-bond donors (Lipinski definition) is 2. The Morgan fingerprint density at radius 3 is 2.47 bits per heavy atom. The molecular weight excluding hydrogens is 198 g/mol. The van der Waals surface area contributed by atoms with E-state index in [9.17, 15) is 9.59 Å². The first-order valence-corrected chi connectivity index (χ1v) is 4.89. The van der Waals surface area contributed by atoms with Crippen LogP contribution in [0.1, 0.15) is 26.7 Å². The second-order valence-corrected chi connectivity index (χ2v) is 4.06. The number of hydrogen-bond acceptors (Lipinski definition) is 3. The zero-order chi connectivity index (χ0) is 11.9. The Bertz CT molecular complexity index is 225. The van der Waals surface area contributed by atoms with Gasteiger partial charge in [-0.15, -0.1) is 0 Å². The van der Waals surface area contributed by atoms with Gasteiger partial charge in [0.2, 0.25) is 5.91 Å². The van der Waals surface area contributed by atoms with Crippen molar-refractivity contribution in [1.82, 2.24) is 5.32 Å². The Kier molecular flexibility index (Phi) is 5.93. The van der Waals surface area contributed by atoms with Gasteiger partial charge < -0.3 is 15.2 Å². The molecule has 0 aliphatic heterocycles. The Balaban J connectivity index is 3.79. The van der Waals surface area contributed by atoms with Crippen molar-refractivity contribution in [2.24, 2.45) is 5.41 Å². The summed E-state index contributed by atoms with van der Waals surface area (Å²) in [7, 11) is 1.59. The molecule has 0 bridgehead atoms. The van der Waals surface area contributed by atoms with Crippen LogP contribution in [0.5, 0.6) is 0 Å². The van der Waals surface area contributed by atoms with Crippen LogP contribution in [0, 0.1) is 5.41 Å². The highest BCUT2D eigenvalue weighted by Gasteiger charge is 2.29. The summed E-state index contributed by atoms with van der Waals surface area (Å²) < 4.78 is 4.82. The van der Waals surface area contributed by atoms with Gasteiger partial charge in [0.25, 0.3) is 0 Å². The summed E-state index contributed by atoms with van der Waals surface area (Å²) in [5.41, 5.74) is -1.01. The third-order valence-corrected chi connectivity index (χ3v) is 2.03. The fraction of sp³-hybridized carbons (Fsp3) is 0.800. The van der Waals surface area contributed by atoms with Crippen LogP contribution in [0.25, 0.3) is 0 Å². The third kappa shape index (κ3) is 6.06. The number of carbonyl (C=O) groups is 2. The molecule has 5 nitrogen and oxygen atoms in total. The fourth-order valence-corrected chi connectivity index (χ4v) is 0.984. The molecule has 0 unspecified atom stereocenters. The van der Waals surface area contributed by atoms with E-state index in [1.807, 2.05) is 0 Å². The largest absolute Gasteiger partial charge is 0.481 e. The van der Waals surface area contributed by atoms with E-state index < -0.39 is 11.4 Å². The van der Waals surface area contributed by atoms with Crippen LogP contribution in [0.3, 0.4) is 0 Å². The summed E-state index contributed by atoms with van der Waals surface area (Å²) in [5, 5.41) is 11.4. The van der Waals surface area contributed by atoms with Crippen LogP contribution >= 0.6 is 0 Å². The van der Waals surface area contributed by atoms with E-state index in [1.54, 1.807) is 7.11 Å². The van der Waals surface area contributed by atoms with E-state index in [1.165, 1.54) is 13.8 Å². The second kappa shape index (κ2) is 6.40. The molecule has 0 aromatic heterocycles. The number of carboxylic acids is 1. The number of carboxylic acid groups (broad SMARTS) is 1. The maximum Gasteiger partial charge on any atom is 0.309 e. The van der Waals surface area contributed by atoms with E-state index in [0.29, 0.717) is 13.2 Å². The summed E-state index contributed by atoms with van der Waals surface area (Å²) in [6.07, 6.45) is 0.727. The molecule has 0 aromatic carbocycles. The number of methoxy groups -OCH3 is 1. The van der Waals surface area contributed by atoms with Gasteiger partial charge in [0.1, 0.15) is 0 Å². The number of aliphatic carboxylic acids is 1. The summed E-state index contributed by atoms with van der Waals surface area (Å²) in [5.74, 6) is -1.20. The van der Waals surface area contributed by atoms with E-state index in [-0.39, 0.29) is 12.3 Å². The minimum atomic E-state index is -1.01. The minimum Gasteiger partial charge on any atom is -0.481 e. The van der Waals surface area contributed by atoms with Gasteiger partial charge in [-0.25, -0.2) is 0 Å². The predicted molar refractivity (Wildman–Crippen MR) is 55.5 cm³/mol. The molecular formula is C10H19NO4. The van der Waals surface area contributed by atoms with Gasteiger partial charge in [-0.3, -0.25) is 9.59 Å². The van der Waals surface area contributed by atoms with Crippen molar-refractivity contribution in [3.63, 3.8) is 0 Å². The highest BCUT2D eigenvalue weighted by molar-refractivity contribution is 5.84. The van der Waals surface area contributed by atoms with Gasteiger partial charge in [0, 0.05) is 26.7 Å². The monoisotopic (exact) mass is 217 g/mol. The number of carbonyl (C=O) groups excluding carboxylic acids is 1. The molecule has 2 N–H and O–H groups in total. The zero-order valence-corrected chi connectivity index (χ0v) is 9.50. The Hall–Kier alpha value is -1.10. The molecule has 5 heteroatoms. The van der Waals surface area contributed by atoms with Gasteiger partial charge in [0.15, 0.2) is 0 Å². The van der Waals surface area contributed by atoms with Gasteiger partial charge in [-0.1, -0.05) is 0 Å². The van der Waals surface area contributed by atoms with Crippen LogP contribution < -0.4 is 5.32 Å². The van der Waals surface area contributed by atoms with E-state index in [0.717, 1.165) is 6.42 Å². The van der Waals surface area contributed by atoms with Gasteiger partial charge in [-0.05, 0) is 20.3 Å². The van der Waals surface area contributed by atoms with Crippen LogP contribution in [-0.4, -0.2) is 37.2 Å². The molecule has 15 heavy (non-hydrogen) atoms. The highest BCUT2D eigenvalue weighted by atomic mass is 16.5. The molecule has 0 spiro atoms. The molecule has 0 atom stereocenters. The van der Waals surface area contributed by atoms with Crippen molar-refractivity contribution in [2.45, 2.75) is 26.7 Å². The number of nitrogens with one attached hydrogen (secondary N) is 1. The zero-order valence-electron chi connectivity index (χ0n) is 9.50. The number of ether oxygens (including phenoxy) is 1. The summed E-state index contributed by atoms with van der Waals surface area (Å²) in [6.45, 7) is 4.17. The molecule has 0 saturated carbocycles. The fourth-order valence-electron chi connectivity index (χ4n) is 0.984. The maximum atomic E-state index is 11.3. The van der Waals surface area contributed by atoms with Gasteiger partial charge in [-0.2, -0.15) is 0 Å². The SMILES string of the molecule is COCCCNC(=O)CC(C)(C)C(=O)O. The van der Waals surface area contributed by atoms with Gasteiger partial charge >= 0.3 is 5.97 Å². The first-order valence-electron chi connectivity index (χ1n) is 4.89. The molecule has 1 amide bonds. The van der Waals surface area contributed by atoms with Crippen molar-refractivity contribution < 1.29 is 19.4 Å². The Labute approximate surface area is 89.8 Å². The van der Waals surface area contributed by atoms with Crippen LogP contribution in [0.2, 0.25) is 0 Å². The summed E-state index contributed by atoms with van der Waals surface area (Å²) in [6, 6.07) is 0. The lowest BCUT2D eigenvalue weighted by atomic mass is 9.89. The molecule has 0 aliphatic rings. The maximum absolute atomic E-state index is 11.3. The van der Waals surface area contributed by atoms with E-state index in [4.69, 9.17) is 9.84 Å². The first-order chi connectivity index (χ1) is 6.90. The summed E-state index contributed by atoms with van der Waals surface area (Å²) >= 11 is 0. The van der Waals surface area contributed by atoms with E-state index in [2.05, 4.69) is 5.32 Å². The van der Waals surface area contributed by atoms with Gasteiger partial charge in [0.05, 0.1) is 5.41 Å². The highest BCUT2D eigenvalue weighted by Crippen LogP contribution is 2.19. The molecule has 0 heterocycles. The van der Waals surface area contributed by atoms with Crippen molar-refractivity contribution in [3.05, 3.63) is 0 Å². The first kappa shape index (κ1) is 13.9. The molecule has 88 valence electrons. The third-order valence-electron chi connectivity index (χ3n) is 2.03. The lowest BCUT2D eigenvalue weighted by Crippen LogP contribution is -2.34. The van der Waals surface area contributed by atoms with Crippen molar-refractivity contribution in [3.8, 4) is 0 Å². The van der Waals surface area contributed by atoms with E-state index >= 15 is 0 Å². The lowest BCUT2D eigenvalue weighted by Gasteiger charge is -2.18. The summed E-state index contributed by atoms with van der Waals surface area (Å²) in [4.78, 5) is 22.0. The lowest BCUT2D eigenvalue weighted by molar-refractivity contribution is -0.149. The normalized spacial score (nSPS) is 11.1. The molecule has 0 saturated heterocycles. The average Bonchev–Trinajstić information content (AvgIpc) is 2.11. The number of rotatable bonds is 7. The minimum absolute atomic E-state index is 0.00465. The standard InChI is InChI=1S/C10H19NO4/c1-10(2,9(13)14)7-8(12)11-5-4-6-15-3/h4-7H2,1-3H3,(H,11,12)(H,13,14). The van der Waals surface area contributed by atoms with Crippen LogP contribution in [0.4, 0.5) is 0 Å². The second-order valence-electron chi connectivity index (χ2n) is 4.06.